The number of nitrogens with one attached hydrogen (secondary N) is 1. The molecule has 0 radical (unpaired) electrons. The van der Waals surface area contributed by atoms with E-state index in [4.69, 9.17) is 9.26 Å². The largest absolute Gasteiger partial charge is 0.375 e. The summed E-state index contributed by atoms with van der Waals surface area (Å²) < 4.78 is 10.9. The standard InChI is InChI=1S/C13H22N2O2/c1-9-12(10(2)17-15-9)8-14-11-5-6-16-13(3,4)7-11/h11,14H,5-8H2,1-4H3. The minimum Gasteiger partial charge on any atom is -0.375 e. The molecule has 0 amide bonds. The summed E-state index contributed by atoms with van der Waals surface area (Å²) in [5, 5.41) is 7.55. The van der Waals surface area contributed by atoms with E-state index in [9.17, 15) is 0 Å². The molecule has 17 heavy (non-hydrogen) atoms. The van der Waals surface area contributed by atoms with Crippen LogP contribution in [0.1, 0.15) is 43.7 Å². The number of aromatic nitrogens is 1. The Bertz CT molecular complexity index is 365. The van der Waals surface area contributed by atoms with E-state index >= 15 is 0 Å². The minimum absolute atomic E-state index is 0.00531. The van der Waals surface area contributed by atoms with E-state index < -0.39 is 0 Å². The maximum Gasteiger partial charge on any atom is 0.138 e. The molecule has 0 bridgehead atoms. The van der Waals surface area contributed by atoms with Crippen molar-refractivity contribution >= 4 is 0 Å². The van der Waals surface area contributed by atoms with Gasteiger partial charge in [0, 0.05) is 24.8 Å². The molecule has 1 aromatic heterocycles. The van der Waals surface area contributed by atoms with Crippen LogP contribution in [-0.4, -0.2) is 23.4 Å². The van der Waals surface area contributed by atoms with Gasteiger partial charge in [-0.15, -0.1) is 0 Å². The second-order valence-electron chi connectivity index (χ2n) is 5.48. The lowest BCUT2D eigenvalue weighted by Crippen LogP contribution is -2.43. The van der Waals surface area contributed by atoms with Crippen LogP contribution in [0.15, 0.2) is 4.52 Å². The number of rotatable bonds is 3. The quantitative estimate of drug-likeness (QED) is 0.878. The Balaban J connectivity index is 1.90. The molecule has 0 aromatic carbocycles. The number of aryl methyl sites for hydroxylation is 2. The van der Waals surface area contributed by atoms with Crippen molar-refractivity contribution in [3.8, 4) is 0 Å². The van der Waals surface area contributed by atoms with E-state index in [2.05, 4.69) is 24.3 Å². The average Bonchev–Trinajstić information content (AvgIpc) is 2.55. The fourth-order valence-corrected chi connectivity index (χ4v) is 2.41. The van der Waals surface area contributed by atoms with Gasteiger partial charge in [0.25, 0.3) is 0 Å². The summed E-state index contributed by atoms with van der Waals surface area (Å²) in [7, 11) is 0. The first kappa shape index (κ1) is 12.6. The van der Waals surface area contributed by atoms with Crippen molar-refractivity contribution in [3.05, 3.63) is 17.0 Å². The SMILES string of the molecule is Cc1noc(C)c1CNC1CCOC(C)(C)C1. The van der Waals surface area contributed by atoms with E-state index in [0.717, 1.165) is 37.4 Å². The molecule has 0 saturated carbocycles. The molecule has 1 aliphatic heterocycles. The molecule has 1 N–H and O–H groups in total. The average molecular weight is 238 g/mol. The summed E-state index contributed by atoms with van der Waals surface area (Å²) in [5.74, 6) is 0.918. The predicted octanol–water partition coefficient (Wildman–Crippen LogP) is 2.34. The van der Waals surface area contributed by atoms with Crippen molar-refractivity contribution in [1.29, 1.82) is 0 Å². The lowest BCUT2D eigenvalue weighted by molar-refractivity contribution is -0.0630. The zero-order chi connectivity index (χ0) is 12.5. The van der Waals surface area contributed by atoms with Crippen LogP contribution in [-0.2, 0) is 11.3 Å². The minimum atomic E-state index is -0.00531. The summed E-state index contributed by atoms with van der Waals surface area (Å²) in [5.41, 5.74) is 2.17. The van der Waals surface area contributed by atoms with Crippen LogP contribution in [0, 0.1) is 13.8 Å². The molecular formula is C13H22N2O2. The van der Waals surface area contributed by atoms with Gasteiger partial charge >= 0.3 is 0 Å². The van der Waals surface area contributed by atoms with E-state index in [1.165, 1.54) is 5.56 Å². The Hall–Kier alpha value is -0.870. The highest BCUT2D eigenvalue weighted by molar-refractivity contribution is 5.20. The molecule has 1 saturated heterocycles. The monoisotopic (exact) mass is 238 g/mol. The van der Waals surface area contributed by atoms with Crippen molar-refractivity contribution < 1.29 is 9.26 Å². The molecule has 0 spiro atoms. The molecule has 96 valence electrons. The van der Waals surface area contributed by atoms with Gasteiger partial charge in [-0.05, 0) is 40.5 Å². The third-order valence-corrected chi connectivity index (χ3v) is 3.45. The third-order valence-electron chi connectivity index (χ3n) is 3.45. The maximum atomic E-state index is 5.71. The molecule has 1 aliphatic rings. The second-order valence-corrected chi connectivity index (χ2v) is 5.48. The van der Waals surface area contributed by atoms with Gasteiger partial charge in [-0.3, -0.25) is 0 Å². The van der Waals surface area contributed by atoms with Gasteiger partial charge in [0.1, 0.15) is 5.76 Å². The fourth-order valence-electron chi connectivity index (χ4n) is 2.41. The van der Waals surface area contributed by atoms with E-state index in [0.29, 0.717) is 6.04 Å². The predicted molar refractivity (Wildman–Crippen MR) is 65.9 cm³/mol. The molecule has 1 unspecified atom stereocenters. The van der Waals surface area contributed by atoms with E-state index in [-0.39, 0.29) is 5.60 Å². The van der Waals surface area contributed by atoms with Crippen LogP contribution in [0.3, 0.4) is 0 Å². The molecule has 0 aliphatic carbocycles. The first-order valence-corrected chi connectivity index (χ1v) is 6.27. The molecule has 1 atom stereocenters. The van der Waals surface area contributed by atoms with Crippen LogP contribution < -0.4 is 5.32 Å². The summed E-state index contributed by atoms with van der Waals surface area (Å²) in [6.45, 7) is 9.92. The smallest absolute Gasteiger partial charge is 0.138 e. The van der Waals surface area contributed by atoms with Crippen LogP contribution in [0.5, 0.6) is 0 Å². The Morgan fingerprint density at radius 2 is 2.18 bits per heavy atom. The highest BCUT2D eigenvalue weighted by atomic mass is 16.5. The number of hydrogen-bond acceptors (Lipinski definition) is 4. The molecular weight excluding hydrogens is 216 g/mol. The normalized spacial score (nSPS) is 23.9. The highest BCUT2D eigenvalue weighted by Crippen LogP contribution is 2.24. The van der Waals surface area contributed by atoms with Crippen molar-refractivity contribution in [2.24, 2.45) is 0 Å². The Kier molecular flexibility index (Phi) is 3.54. The van der Waals surface area contributed by atoms with E-state index in [1.807, 2.05) is 13.8 Å². The number of nitrogens with zero attached hydrogens (tertiary/aromatic N) is 1. The molecule has 2 rings (SSSR count). The van der Waals surface area contributed by atoms with Crippen LogP contribution in [0.2, 0.25) is 0 Å². The first-order chi connectivity index (χ1) is 7.98. The van der Waals surface area contributed by atoms with Gasteiger partial charge in [0.15, 0.2) is 0 Å². The summed E-state index contributed by atoms with van der Waals surface area (Å²) >= 11 is 0. The zero-order valence-electron chi connectivity index (χ0n) is 11.2. The van der Waals surface area contributed by atoms with Gasteiger partial charge in [-0.2, -0.15) is 0 Å². The fraction of sp³-hybridized carbons (Fsp3) is 0.769. The first-order valence-electron chi connectivity index (χ1n) is 6.27. The maximum absolute atomic E-state index is 5.71. The van der Waals surface area contributed by atoms with Crippen LogP contribution >= 0.6 is 0 Å². The van der Waals surface area contributed by atoms with Gasteiger partial charge < -0.3 is 14.6 Å². The van der Waals surface area contributed by atoms with Gasteiger partial charge in [-0.25, -0.2) is 0 Å². The number of ether oxygens (including phenoxy) is 1. The van der Waals surface area contributed by atoms with Crippen LogP contribution in [0.4, 0.5) is 0 Å². The Morgan fingerprint density at radius 1 is 1.41 bits per heavy atom. The van der Waals surface area contributed by atoms with Gasteiger partial charge in [0.2, 0.25) is 0 Å². The van der Waals surface area contributed by atoms with E-state index in [1.54, 1.807) is 0 Å². The van der Waals surface area contributed by atoms with Crippen molar-refractivity contribution in [2.75, 3.05) is 6.61 Å². The lowest BCUT2D eigenvalue weighted by atomic mass is 9.94. The summed E-state index contributed by atoms with van der Waals surface area (Å²) in [4.78, 5) is 0. The zero-order valence-corrected chi connectivity index (χ0v) is 11.2. The van der Waals surface area contributed by atoms with Gasteiger partial charge in [-0.1, -0.05) is 5.16 Å². The Labute approximate surface area is 103 Å². The molecule has 1 fully saturated rings. The molecule has 1 aromatic rings. The van der Waals surface area contributed by atoms with Crippen molar-refractivity contribution in [2.45, 2.75) is 58.7 Å². The lowest BCUT2D eigenvalue weighted by Gasteiger charge is -2.36. The number of hydrogen-bond donors (Lipinski definition) is 1. The second kappa shape index (κ2) is 4.78. The van der Waals surface area contributed by atoms with Crippen molar-refractivity contribution in [1.82, 2.24) is 10.5 Å². The molecule has 4 heteroatoms. The third kappa shape index (κ3) is 3.07. The van der Waals surface area contributed by atoms with Crippen molar-refractivity contribution in [3.63, 3.8) is 0 Å². The molecule has 2 heterocycles. The summed E-state index contributed by atoms with van der Waals surface area (Å²) in [6, 6.07) is 0.521. The topological polar surface area (TPSA) is 47.3 Å². The molecule has 4 nitrogen and oxygen atoms in total. The van der Waals surface area contributed by atoms with Gasteiger partial charge in [0.05, 0.1) is 11.3 Å². The highest BCUT2D eigenvalue weighted by Gasteiger charge is 2.28. The van der Waals surface area contributed by atoms with Crippen LogP contribution in [0.25, 0.3) is 0 Å². The Morgan fingerprint density at radius 3 is 2.76 bits per heavy atom. The summed E-state index contributed by atoms with van der Waals surface area (Å²) in [6.07, 6.45) is 2.13.